The molecule has 31 heavy (non-hydrogen) atoms. The molecule has 4 rings (SSSR count). The summed E-state index contributed by atoms with van der Waals surface area (Å²) in [5.41, 5.74) is 3.44. The Morgan fingerprint density at radius 3 is 2.77 bits per heavy atom. The van der Waals surface area contributed by atoms with Gasteiger partial charge in [0.2, 0.25) is 11.7 Å². The van der Waals surface area contributed by atoms with Crippen LogP contribution in [0.4, 0.5) is 5.69 Å². The lowest BCUT2D eigenvalue weighted by atomic mass is 10.1. The average molecular weight is 434 g/mol. The zero-order valence-corrected chi connectivity index (χ0v) is 18.4. The zero-order chi connectivity index (χ0) is 22.1. The van der Waals surface area contributed by atoms with Crippen molar-refractivity contribution in [3.8, 4) is 0 Å². The van der Waals surface area contributed by atoms with Crippen LogP contribution in [0.2, 0.25) is 0 Å². The van der Waals surface area contributed by atoms with E-state index in [1.54, 1.807) is 12.1 Å². The first-order chi connectivity index (χ1) is 14.9. The molecule has 1 N–H and O–H groups in total. The van der Waals surface area contributed by atoms with Crippen LogP contribution in [0, 0.1) is 13.8 Å². The number of fused-ring (bicyclic) bond motifs is 3. The molecule has 0 saturated heterocycles. The van der Waals surface area contributed by atoms with Gasteiger partial charge < -0.3 is 5.32 Å². The number of thioether (sulfide) groups is 1. The molecule has 0 saturated carbocycles. The first-order valence-electron chi connectivity index (χ1n) is 9.93. The summed E-state index contributed by atoms with van der Waals surface area (Å²) < 4.78 is 3.36. The number of rotatable bonds is 6. The number of hydrogen-bond donors (Lipinski definition) is 1. The smallest absolute Gasteiger partial charge is 0.263 e. The Morgan fingerprint density at radius 1 is 1.23 bits per heavy atom. The molecule has 8 heteroatoms. The fraction of sp³-hybridized carbons (Fsp3) is 0.217. The van der Waals surface area contributed by atoms with Gasteiger partial charge in [-0.1, -0.05) is 42.1 Å². The number of anilines is 1. The number of carbonyl (C=O) groups excluding carboxylic acids is 1. The van der Waals surface area contributed by atoms with Crippen molar-refractivity contribution in [1.29, 1.82) is 0 Å². The summed E-state index contributed by atoms with van der Waals surface area (Å²) in [7, 11) is 0. The van der Waals surface area contributed by atoms with Crippen LogP contribution in [0.1, 0.15) is 18.1 Å². The van der Waals surface area contributed by atoms with Crippen LogP contribution < -0.4 is 10.9 Å². The van der Waals surface area contributed by atoms with Gasteiger partial charge in [-0.15, -0.1) is 16.8 Å². The van der Waals surface area contributed by atoms with E-state index in [4.69, 9.17) is 0 Å². The van der Waals surface area contributed by atoms with E-state index in [-0.39, 0.29) is 11.5 Å². The van der Waals surface area contributed by atoms with E-state index in [0.717, 1.165) is 16.8 Å². The molecule has 0 fully saturated rings. The van der Waals surface area contributed by atoms with Gasteiger partial charge in [-0.2, -0.15) is 0 Å². The number of nitrogens with zero attached hydrogens (tertiary/aromatic N) is 4. The van der Waals surface area contributed by atoms with Crippen LogP contribution >= 0.6 is 11.8 Å². The number of aromatic nitrogens is 4. The van der Waals surface area contributed by atoms with E-state index in [1.165, 1.54) is 16.3 Å². The molecule has 2 aromatic carbocycles. The van der Waals surface area contributed by atoms with Crippen LogP contribution in [0.25, 0.3) is 16.7 Å². The van der Waals surface area contributed by atoms with E-state index in [9.17, 15) is 9.59 Å². The highest BCUT2D eigenvalue weighted by atomic mass is 32.2. The first-order valence-corrected chi connectivity index (χ1v) is 10.8. The standard InChI is InChI=1S/C23H23N5O2S/c1-5-12-27-21(30)17-8-6-7-9-19(17)28-22(27)25-26-23(28)31-16(4)20(29)24-18-13-14(2)10-11-15(18)3/h5-11,13,16H,1,12H2,2-4H3,(H,24,29). The van der Waals surface area contributed by atoms with E-state index in [2.05, 4.69) is 22.1 Å². The number of allylic oxidation sites excluding steroid dienone is 1. The van der Waals surface area contributed by atoms with Crippen molar-refractivity contribution in [2.75, 3.05) is 5.32 Å². The topological polar surface area (TPSA) is 81.3 Å². The maximum Gasteiger partial charge on any atom is 0.263 e. The minimum atomic E-state index is -0.425. The van der Waals surface area contributed by atoms with Crippen molar-refractivity contribution in [1.82, 2.24) is 19.2 Å². The van der Waals surface area contributed by atoms with Gasteiger partial charge in [-0.05, 0) is 50.1 Å². The van der Waals surface area contributed by atoms with Gasteiger partial charge in [0.1, 0.15) is 0 Å². The van der Waals surface area contributed by atoms with Crippen molar-refractivity contribution in [2.24, 2.45) is 0 Å². The molecule has 0 radical (unpaired) electrons. The van der Waals surface area contributed by atoms with E-state index < -0.39 is 5.25 Å². The van der Waals surface area contributed by atoms with Gasteiger partial charge in [0.25, 0.3) is 5.56 Å². The minimum absolute atomic E-state index is 0.126. The fourth-order valence-electron chi connectivity index (χ4n) is 3.42. The number of amides is 1. The summed E-state index contributed by atoms with van der Waals surface area (Å²) in [6, 6.07) is 13.3. The second-order valence-corrected chi connectivity index (χ2v) is 8.72. The molecule has 4 aromatic rings. The third-order valence-corrected chi connectivity index (χ3v) is 6.13. The Hall–Kier alpha value is -3.39. The monoisotopic (exact) mass is 433 g/mol. The summed E-state index contributed by atoms with van der Waals surface area (Å²) >= 11 is 1.30. The molecule has 1 unspecified atom stereocenters. The highest BCUT2D eigenvalue weighted by Crippen LogP contribution is 2.26. The molecule has 7 nitrogen and oxygen atoms in total. The van der Waals surface area contributed by atoms with Crippen molar-refractivity contribution in [3.63, 3.8) is 0 Å². The third-order valence-electron chi connectivity index (χ3n) is 5.09. The lowest BCUT2D eigenvalue weighted by molar-refractivity contribution is -0.115. The predicted octanol–water partition coefficient (Wildman–Crippen LogP) is 3.97. The molecule has 2 aromatic heterocycles. The van der Waals surface area contributed by atoms with Gasteiger partial charge in [0.15, 0.2) is 5.16 Å². The van der Waals surface area contributed by atoms with Gasteiger partial charge in [-0.25, -0.2) is 0 Å². The largest absolute Gasteiger partial charge is 0.325 e. The SMILES string of the molecule is C=CCn1c(=O)c2ccccc2n2c(SC(C)C(=O)Nc3cc(C)ccc3C)nnc12. The number of benzene rings is 2. The van der Waals surface area contributed by atoms with Crippen LogP contribution in [-0.2, 0) is 11.3 Å². The van der Waals surface area contributed by atoms with Crippen molar-refractivity contribution < 1.29 is 4.79 Å². The Balaban J connectivity index is 1.72. The summed E-state index contributed by atoms with van der Waals surface area (Å²) in [4.78, 5) is 25.8. The maximum absolute atomic E-state index is 12.9. The fourth-order valence-corrected chi connectivity index (χ4v) is 4.28. The average Bonchev–Trinajstić information content (AvgIpc) is 3.17. The lowest BCUT2D eigenvalue weighted by Gasteiger charge is -2.14. The Kier molecular flexibility index (Phi) is 5.65. The number of hydrogen-bond acceptors (Lipinski definition) is 5. The molecule has 0 aliphatic carbocycles. The molecule has 0 bridgehead atoms. The minimum Gasteiger partial charge on any atom is -0.325 e. The lowest BCUT2D eigenvalue weighted by Crippen LogP contribution is -2.24. The first kappa shape index (κ1) is 20.9. The number of carbonyl (C=O) groups is 1. The molecule has 0 spiro atoms. The molecule has 2 heterocycles. The van der Waals surface area contributed by atoms with Crippen molar-refractivity contribution in [2.45, 2.75) is 37.7 Å². The number of para-hydroxylation sites is 1. The van der Waals surface area contributed by atoms with Gasteiger partial charge in [-0.3, -0.25) is 18.6 Å². The quantitative estimate of drug-likeness (QED) is 0.368. The van der Waals surface area contributed by atoms with Gasteiger partial charge in [0, 0.05) is 12.2 Å². The molecular formula is C23H23N5O2S. The highest BCUT2D eigenvalue weighted by molar-refractivity contribution is 8.00. The normalized spacial score (nSPS) is 12.2. The number of nitrogens with one attached hydrogen (secondary N) is 1. The predicted molar refractivity (Wildman–Crippen MR) is 125 cm³/mol. The summed E-state index contributed by atoms with van der Waals surface area (Å²) in [6.07, 6.45) is 1.65. The summed E-state index contributed by atoms with van der Waals surface area (Å²) in [5, 5.41) is 12.2. The molecule has 0 aliphatic heterocycles. The second kappa shape index (κ2) is 8.39. The van der Waals surface area contributed by atoms with E-state index >= 15 is 0 Å². The second-order valence-electron chi connectivity index (χ2n) is 7.41. The Labute approximate surface area is 183 Å². The van der Waals surface area contributed by atoms with Crippen LogP contribution in [0.5, 0.6) is 0 Å². The van der Waals surface area contributed by atoms with Gasteiger partial charge in [0.05, 0.1) is 16.2 Å². The van der Waals surface area contributed by atoms with Crippen molar-refractivity contribution in [3.05, 3.63) is 76.6 Å². The molecular weight excluding hydrogens is 410 g/mol. The maximum atomic E-state index is 12.9. The number of aryl methyl sites for hydroxylation is 2. The van der Waals surface area contributed by atoms with Crippen LogP contribution in [-0.4, -0.2) is 30.3 Å². The van der Waals surface area contributed by atoms with Crippen molar-refractivity contribution >= 4 is 40.0 Å². The third kappa shape index (κ3) is 3.86. The van der Waals surface area contributed by atoms with Crippen LogP contribution in [0.15, 0.2) is 65.1 Å². The Bertz CT molecular complexity index is 1370. The molecule has 1 atom stereocenters. The molecule has 1 amide bonds. The molecule has 158 valence electrons. The highest BCUT2D eigenvalue weighted by Gasteiger charge is 2.21. The Morgan fingerprint density at radius 2 is 2.00 bits per heavy atom. The summed E-state index contributed by atoms with van der Waals surface area (Å²) in [5.74, 6) is 0.299. The summed E-state index contributed by atoms with van der Waals surface area (Å²) in [6.45, 7) is 9.84. The van der Waals surface area contributed by atoms with Crippen LogP contribution in [0.3, 0.4) is 0 Å². The van der Waals surface area contributed by atoms with Gasteiger partial charge >= 0.3 is 0 Å². The van der Waals surface area contributed by atoms with E-state index in [1.807, 2.05) is 61.6 Å². The zero-order valence-electron chi connectivity index (χ0n) is 17.6. The molecule has 0 aliphatic rings. The van der Waals surface area contributed by atoms with E-state index in [0.29, 0.717) is 28.4 Å².